The van der Waals surface area contributed by atoms with Gasteiger partial charge in [-0.05, 0) is 91.8 Å². The van der Waals surface area contributed by atoms with Crippen molar-refractivity contribution >= 4 is 60.5 Å². The second-order valence-electron chi connectivity index (χ2n) is 13.3. The Morgan fingerprint density at radius 1 is 0.327 bits per heavy atom. The highest BCUT2D eigenvalue weighted by Gasteiger charge is 2.23. The highest BCUT2D eigenvalue weighted by molar-refractivity contribution is 6.17. The standard InChI is InChI=1S/C50H33NO/c1-3-14-34(15-4-1)35-26-28-36(29-27-35)41-23-13-24-47(50(41)46-32-37-16-7-8-19-40(37)42-20-9-10-21-43(42)46)51(38-17-5-2-6-18-38)39-30-31-45-44-22-11-12-25-48(44)52-49(45)33-39/h1-33H. The molecule has 10 rings (SSSR count). The van der Waals surface area contributed by atoms with Crippen molar-refractivity contribution in [1.29, 1.82) is 0 Å². The van der Waals surface area contributed by atoms with Gasteiger partial charge in [-0.25, -0.2) is 0 Å². The maximum Gasteiger partial charge on any atom is 0.137 e. The lowest BCUT2D eigenvalue weighted by Gasteiger charge is -2.29. The van der Waals surface area contributed by atoms with Crippen LogP contribution in [0.15, 0.2) is 205 Å². The lowest BCUT2D eigenvalue weighted by molar-refractivity contribution is 0.669. The summed E-state index contributed by atoms with van der Waals surface area (Å²) >= 11 is 0. The number of anilines is 3. The molecule has 2 nitrogen and oxygen atoms in total. The van der Waals surface area contributed by atoms with E-state index in [4.69, 9.17) is 4.42 Å². The quantitative estimate of drug-likeness (QED) is 0.165. The Hall–Kier alpha value is -6.90. The van der Waals surface area contributed by atoms with E-state index in [0.717, 1.165) is 44.6 Å². The third-order valence-corrected chi connectivity index (χ3v) is 10.3. The van der Waals surface area contributed by atoms with E-state index >= 15 is 0 Å². The van der Waals surface area contributed by atoms with E-state index in [1.165, 1.54) is 49.4 Å². The van der Waals surface area contributed by atoms with Gasteiger partial charge in [-0.1, -0.05) is 152 Å². The number of nitrogens with zero attached hydrogens (tertiary/aromatic N) is 1. The molecule has 10 aromatic rings. The van der Waals surface area contributed by atoms with Crippen molar-refractivity contribution in [3.8, 4) is 33.4 Å². The van der Waals surface area contributed by atoms with Gasteiger partial charge >= 0.3 is 0 Å². The molecule has 0 bridgehead atoms. The normalized spacial score (nSPS) is 11.5. The van der Waals surface area contributed by atoms with Gasteiger partial charge in [0.15, 0.2) is 0 Å². The Bertz CT molecular complexity index is 2890. The van der Waals surface area contributed by atoms with Gasteiger partial charge in [-0.15, -0.1) is 0 Å². The third-order valence-electron chi connectivity index (χ3n) is 10.3. The van der Waals surface area contributed by atoms with Crippen molar-refractivity contribution in [2.24, 2.45) is 0 Å². The first-order chi connectivity index (χ1) is 25.8. The lowest BCUT2D eigenvalue weighted by atomic mass is 9.87. The maximum atomic E-state index is 6.45. The van der Waals surface area contributed by atoms with Crippen LogP contribution in [-0.2, 0) is 0 Å². The Balaban J connectivity index is 1.27. The van der Waals surface area contributed by atoms with Crippen molar-refractivity contribution in [3.05, 3.63) is 200 Å². The summed E-state index contributed by atoms with van der Waals surface area (Å²) in [4.78, 5) is 2.38. The van der Waals surface area contributed by atoms with E-state index in [2.05, 4.69) is 193 Å². The zero-order chi connectivity index (χ0) is 34.4. The predicted molar refractivity (Wildman–Crippen MR) is 220 cm³/mol. The Kier molecular flexibility index (Phi) is 7.18. The largest absolute Gasteiger partial charge is 0.456 e. The Morgan fingerprint density at radius 3 is 1.75 bits per heavy atom. The van der Waals surface area contributed by atoms with Crippen LogP contribution in [0, 0.1) is 0 Å². The van der Waals surface area contributed by atoms with E-state index in [0.29, 0.717) is 0 Å². The van der Waals surface area contributed by atoms with Crippen LogP contribution in [0.2, 0.25) is 0 Å². The van der Waals surface area contributed by atoms with E-state index in [9.17, 15) is 0 Å². The number of rotatable bonds is 6. The molecule has 0 amide bonds. The summed E-state index contributed by atoms with van der Waals surface area (Å²) in [6.45, 7) is 0. The molecule has 0 radical (unpaired) electrons. The first-order valence-electron chi connectivity index (χ1n) is 17.8. The maximum absolute atomic E-state index is 6.45. The number of hydrogen-bond donors (Lipinski definition) is 0. The number of fused-ring (bicyclic) bond motifs is 6. The van der Waals surface area contributed by atoms with Crippen molar-refractivity contribution in [1.82, 2.24) is 0 Å². The molecular weight excluding hydrogens is 631 g/mol. The zero-order valence-electron chi connectivity index (χ0n) is 28.4. The fraction of sp³-hybridized carbons (Fsp3) is 0. The molecule has 0 fully saturated rings. The summed E-state index contributed by atoms with van der Waals surface area (Å²) in [5.41, 5.74) is 12.0. The number of furan rings is 1. The van der Waals surface area contributed by atoms with E-state index in [-0.39, 0.29) is 0 Å². The monoisotopic (exact) mass is 663 g/mol. The summed E-state index contributed by atoms with van der Waals surface area (Å²) in [6, 6.07) is 71.8. The van der Waals surface area contributed by atoms with Crippen molar-refractivity contribution < 1.29 is 4.42 Å². The molecule has 0 saturated heterocycles. The molecule has 0 aliphatic heterocycles. The van der Waals surface area contributed by atoms with E-state index in [1.54, 1.807) is 0 Å². The smallest absolute Gasteiger partial charge is 0.137 e. The lowest BCUT2D eigenvalue weighted by Crippen LogP contribution is -2.11. The molecule has 2 heteroatoms. The molecule has 0 spiro atoms. The van der Waals surface area contributed by atoms with Crippen LogP contribution >= 0.6 is 0 Å². The Labute approximate surface area is 302 Å². The minimum absolute atomic E-state index is 0.866. The first-order valence-corrected chi connectivity index (χ1v) is 17.8. The van der Waals surface area contributed by atoms with Crippen LogP contribution < -0.4 is 4.90 Å². The molecule has 0 atom stereocenters. The predicted octanol–water partition coefficient (Wildman–Crippen LogP) is 14.4. The summed E-state index contributed by atoms with van der Waals surface area (Å²) in [5.74, 6) is 0. The highest BCUT2D eigenvalue weighted by Crippen LogP contribution is 2.49. The zero-order valence-corrected chi connectivity index (χ0v) is 28.4. The fourth-order valence-corrected chi connectivity index (χ4v) is 7.84. The van der Waals surface area contributed by atoms with E-state index < -0.39 is 0 Å². The highest BCUT2D eigenvalue weighted by atomic mass is 16.3. The molecule has 52 heavy (non-hydrogen) atoms. The Morgan fingerprint density at radius 2 is 0.942 bits per heavy atom. The van der Waals surface area contributed by atoms with Gasteiger partial charge in [-0.3, -0.25) is 0 Å². The molecule has 0 N–H and O–H groups in total. The molecule has 1 heterocycles. The van der Waals surface area contributed by atoms with Gasteiger partial charge in [0.25, 0.3) is 0 Å². The van der Waals surface area contributed by atoms with Gasteiger partial charge in [0.1, 0.15) is 11.2 Å². The van der Waals surface area contributed by atoms with Gasteiger partial charge in [0.2, 0.25) is 0 Å². The van der Waals surface area contributed by atoms with Gasteiger partial charge in [-0.2, -0.15) is 0 Å². The van der Waals surface area contributed by atoms with Gasteiger partial charge in [0, 0.05) is 33.8 Å². The van der Waals surface area contributed by atoms with Gasteiger partial charge < -0.3 is 9.32 Å². The minimum Gasteiger partial charge on any atom is -0.456 e. The topological polar surface area (TPSA) is 16.4 Å². The van der Waals surface area contributed by atoms with Crippen LogP contribution in [0.1, 0.15) is 0 Å². The van der Waals surface area contributed by atoms with Crippen LogP contribution in [-0.4, -0.2) is 0 Å². The van der Waals surface area contributed by atoms with Crippen molar-refractivity contribution in [2.45, 2.75) is 0 Å². The van der Waals surface area contributed by atoms with Gasteiger partial charge in [0.05, 0.1) is 5.69 Å². The van der Waals surface area contributed by atoms with Crippen LogP contribution in [0.3, 0.4) is 0 Å². The first kappa shape index (κ1) is 30.0. The second kappa shape index (κ2) is 12.5. The second-order valence-corrected chi connectivity index (χ2v) is 13.3. The fourth-order valence-electron chi connectivity index (χ4n) is 7.84. The summed E-state index contributed by atoms with van der Waals surface area (Å²) in [7, 11) is 0. The molecule has 9 aromatic carbocycles. The molecule has 244 valence electrons. The SMILES string of the molecule is c1ccc(-c2ccc(-c3cccc(N(c4ccccc4)c4ccc5c(c4)oc4ccccc45)c3-c3cc4ccccc4c4ccccc34)cc2)cc1. The molecule has 0 saturated carbocycles. The average molecular weight is 664 g/mol. The molecule has 0 aliphatic carbocycles. The summed E-state index contributed by atoms with van der Waals surface area (Å²) in [6.07, 6.45) is 0. The van der Waals surface area contributed by atoms with Crippen LogP contribution in [0.4, 0.5) is 17.1 Å². The number of para-hydroxylation sites is 2. The van der Waals surface area contributed by atoms with E-state index in [1.807, 2.05) is 12.1 Å². The third kappa shape index (κ3) is 5.04. The summed E-state index contributed by atoms with van der Waals surface area (Å²) < 4.78 is 6.45. The molecular formula is C50H33NO. The van der Waals surface area contributed by atoms with Crippen molar-refractivity contribution in [2.75, 3.05) is 4.90 Å². The molecule has 0 unspecified atom stereocenters. The number of benzene rings is 9. The minimum atomic E-state index is 0.866. The van der Waals surface area contributed by atoms with Crippen LogP contribution in [0.5, 0.6) is 0 Å². The average Bonchev–Trinajstić information content (AvgIpc) is 3.59. The molecule has 1 aromatic heterocycles. The molecule has 0 aliphatic rings. The van der Waals surface area contributed by atoms with Crippen LogP contribution in [0.25, 0.3) is 76.9 Å². The number of hydrogen-bond acceptors (Lipinski definition) is 2. The van der Waals surface area contributed by atoms with Crippen molar-refractivity contribution in [3.63, 3.8) is 0 Å². The summed E-state index contributed by atoms with van der Waals surface area (Å²) in [5, 5.41) is 7.16.